The lowest BCUT2D eigenvalue weighted by Crippen LogP contribution is -2.03. The van der Waals surface area contributed by atoms with Crippen LogP contribution < -0.4 is 5.73 Å². The Bertz CT molecular complexity index is 740. The molecule has 0 fully saturated rings. The van der Waals surface area contributed by atoms with E-state index in [1.54, 1.807) is 17.7 Å². The fourth-order valence-electron chi connectivity index (χ4n) is 1.89. The third-order valence-corrected chi connectivity index (χ3v) is 3.64. The van der Waals surface area contributed by atoms with Crippen LogP contribution in [0.1, 0.15) is 19.0 Å². The molecule has 0 spiro atoms. The summed E-state index contributed by atoms with van der Waals surface area (Å²) < 4.78 is 2.28. The lowest BCUT2D eigenvalue weighted by Gasteiger charge is -2.00. The number of azo groups is 1. The second-order valence-corrected chi connectivity index (χ2v) is 5.49. The third-order valence-electron chi connectivity index (χ3n) is 2.97. The number of rotatable bonds is 5. The summed E-state index contributed by atoms with van der Waals surface area (Å²) in [5, 5.41) is 23.3. The highest BCUT2D eigenvalue weighted by molar-refractivity contribution is 9.10. The van der Waals surface area contributed by atoms with Gasteiger partial charge in [-0.3, -0.25) is 10.1 Å². The Labute approximate surface area is 135 Å². The molecule has 0 aliphatic carbocycles. The van der Waals surface area contributed by atoms with E-state index in [0.717, 1.165) is 6.42 Å². The van der Waals surface area contributed by atoms with Gasteiger partial charge in [0.25, 0.3) is 5.69 Å². The number of nitrogens with two attached hydrogens (primary N) is 1. The highest BCUT2D eigenvalue weighted by atomic mass is 79.9. The van der Waals surface area contributed by atoms with Crippen LogP contribution >= 0.6 is 15.9 Å². The van der Waals surface area contributed by atoms with Crippen molar-refractivity contribution >= 4 is 38.8 Å². The van der Waals surface area contributed by atoms with Crippen LogP contribution in [0.2, 0.25) is 0 Å². The molecule has 0 aliphatic heterocycles. The van der Waals surface area contributed by atoms with E-state index in [2.05, 4.69) is 31.3 Å². The predicted molar refractivity (Wildman–Crippen MR) is 86.6 cm³/mol. The highest BCUT2D eigenvalue weighted by Crippen LogP contribution is 2.33. The van der Waals surface area contributed by atoms with Crippen molar-refractivity contribution in [3.8, 4) is 0 Å². The second kappa shape index (κ2) is 6.65. The van der Waals surface area contributed by atoms with Crippen LogP contribution in [0.4, 0.5) is 22.9 Å². The quantitative estimate of drug-likeness (QED) is 0.483. The number of non-ortho nitro benzene ring substituents is 1. The first kappa shape index (κ1) is 16.1. The summed E-state index contributed by atoms with van der Waals surface area (Å²) in [6.07, 6.45) is 0.901. The van der Waals surface area contributed by atoms with Crippen molar-refractivity contribution in [2.45, 2.75) is 26.8 Å². The molecule has 2 rings (SSSR count). The molecule has 0 bridgehead atoms. The smallest absolute Gasteiger partial charge is 0.271 e. The maximum atomic E-state index is 10.8. The highest BCUT2D eigenvalue weighted by Gasteiger charge is 2.13. The number of nitrogen functional groups attached to an aromatic ring is 1. The van der Waals surface area contributed by atoms with Gasteiger partial charge in [0, 0.05) is 23.2 Å². The Morgan fingerprint density at radius 1 is 1.45 bits per heavy atom. The average Bonchev–Trinajstić information content (AvgIpc) is 2.73. The molecular weight excluding hydrogens is 352 g/mol. The topological polar surface area (TPSA) is 112 Å². The summed E-state index contributed by atoms with van der Waals surface area (Å²) in [6, 6.07) is 4.29. The number of nitrogens with zero attached hydrogens (tertiary/aromatic N) is 5. The minimum absolute atomic E-state index is 0.0523. The molecule has 1 aromatic heterocycles. The van der Waals surface area contributed by atoms with Crippen molar-refractivity contribution in [3.63, 3.8) is 0 Å². The van der Waals surface area contributed by atoms with Gasteiger partial charge in [0.2, 0.25) is 0 Å². The Balaban J connectivity index is 2.37. The Morgan fingerprint density at radius 3 is 2.82 bits per heavy atom. The van der Waals surface area contributed by atoms with Crippen LogP contribution in [0, 0.1) is 17.0 Å². The van der Waals surface area contributed by atoms with Gasteiger partial charge in [-0.25, -0.2) is 4.68 Å². The molecule has 1 heterocycles. The van der Waals surface area contributed by atoms with E-state index in [1.165, 1.54) is 12.1 Å². The number of aryl methyl sites for hydroxylation is 2. The zero-order valence-electron chi connectivity index (χ0n) is 12.2. The van der Waals surface area contributed by atoms with Gasteiger partial charge >= 0.3 is 0 Å². The minimum Gasteiger partial charge on any atom is -0.382 e. The van der Waals surface area contributed by atoms with Crippen molar-refractivity contribution < 1.29 is 4.92 Å². The number of hydrogen-bond donors (Lipinski definition) is 1. The van der Waals surface area contributed by atoms with Crippen LogP contribution in [0.5, 0.6) is 0 Å². The van der Waals surface area contributed by atoms with Crippen LogP contribution in [0.15, 0.2) is 32.9 Å². The first-order valence-electron chi connectivity index (χ1n) is 6.62. The molecule has 2 N–H and O–H groups in total. The largest absolute Gasteiger partial charge is 0.382 e. The van der Waals surface area contributed by atoms with Gasteiger partial charge in [-0.05, 0) is 35.3 Å². The van der Waals surface area contributed by atoms with Gasteiger partial charge in [-0.15, -0.1) is 10.2 Å². The lowest BCUT2D eigenvalue weighted by atomic mass is 10.3. The standard InChI is InChI=1S/C13H15BrN6O2/c1-3-6-19-13(15)12(8(2)18-19)17-16-11-7-9(20(21)22)4-5-10(11)14/h4-5,7H,3,6,15H2,1-2H3. The number of aromatic nitrogens is 2. The average molecular weight is 367 g/mol. The first-order valence-corrected chi connectivity index (χ1v) is 7.42. The summed E-state index contributed by atoms with van der Waals surface area (Å²) in [7, 11) is 0. The number of anilines is 1. The van der Waals surface area contributed by atoms with Crippen molar-refractivity contribution in [3.05, 3.63) is 38.5 Å². The minimum atomic E-state index is -0.482. The summed E-state index contributed by atoms with van der Waals surface area (Å²) in [4.78, 5) is 10.3. The van der Waals surface area contributed by atoms with E-state index in [4.69, 9.17) is 5.73 Å². The van der Waals surface area contributed by atoms with Crippen molar-refractivity contribution in [2.24, 2.45) is 10.2 Å². The van der Waals surface area contributed by atoms with Crippen molar-refractivity contribution in [1.29, 1.82) is 0 Å². The van der Waals surface area contributed by atoms with Gasteiger partial charge in [-0.2, -0.15) is 5.10 Å². The van der Waals surface area contributed by atoms with Crippen LogP contribution in [0.3, 0.4) is 0 Å². The molecule has 0 saturated carbocycles. The van der Waals surface area contributed by atoms with Crippen LogP contribution in [-0.2, 0) is 6.54 Å². The summed E-state index contributed by atoms with van der Waals surface area (Å²) in [5.41, 5.74) is 7.44. The summed E-state index contributed by atoms with van der Waals surface area (Å²) >= 11 is 3.29. The van der Waals surface area contributed by atoms with Crippen molar-refractivity contribution in [2.75, 3.05) is 5.73 Å². The summed E-state index contributed by atoms with van der Waals surface area (Å²) in [6.45, 7) is 4.51. The van der Waals surface area contributed by atoms with Gasteiger partial charge in [0.05, 0.1) is 10.6 Å². The van der Waals surface area contributed by atoms with Crippen molar-refractivity contribution in [1.82, 2.24) is 9.78 Å². The fourth-order valence-corrected chi connectivity index (χ4v) is 2.22. The molecule has 0 radical (unpaired) electrons. The number of halogens is 1. The van der Waals surface area contributed by atoms with E-state index in [0.29, 0.717) is 33.9 Å². The maximum Gasteiger partial charge on any atom is 0.271 e. The third kappa shape index (κ3) is 3.30. The molecule has 0 atom stereocenters. The van der Waals surface area contributed by atoms with E-state index in [1.807, 2.05) is 6.92 Å². The van der Waals surface area contributed by atoms with E-state index >= 15 is 0 Å². The Kier molecular flexibility index (Phi) is 4.86. The maximum absolute atomic E-state index is 10.8. The number of benzene rings is 1. The molecule has 0 amide bonds. The molecule has 0 aliphatic rings. The van der Waals surface area contributed by atoms with Gasteiger partial charge in [-0.1, -0.05) is 6.92 Å². The molecule has 2 aromatic rings. The Hall–Kier alpha value is -2.29. The first-order chi connectivity index (χ1) is 10.4. The number of hydrogen-bond acceptors (Lipinski definition) is 6. The molecule has 0 saturated heterocycles. The zero-order chi connectivity index (χ0) is 16.3. The molecule has 0 unspecified atom stereocenters. The number of nitro benzene ring substituents is 1. The molecule has 8 nitrogen and oxygen atoms in total. The molecular formula is C13H15BrN6O2. The molecule has 22 heavy (non-hydrogen) atoms. The lowest BCUT2D eigenvalue weighted by molar-refractivity contribution is -0.384. The molecule has 9 heteroatoms. The normalized spacial score (nSPS) is 11.2. The number of nitro groups is 1. The van der Waals surface area contributed by atoms with Gasteiger partial charge in [0.1, 0.15) is 11.5 Å². The van der Waals surface area contributed by atoms with E-state index in [-0.39, 0.29) is 5.69 Å². The molecule has 1 aromatic carbocycles. The summed E-state index contributed by atoms with van der Waals surface area (Å²) in [5.74, 6) is 0.435. The van der Waals surface area contributed by atoms with Crippen LogP contribution in [0.25, 0.3) is 0 Å². The van der Waals surface area contributed by atoms with Crippen LogP contribution in [-0.4, -0.2) is 14.7 Å². The SMILES string of the molecule is CCCn1nc(C)c(N=Nc2cc([N+](=O)[O-])ccc2Br)c1N. The monoisotopic (exact) mass is 366 g/mol. The molecule has 116 valence electrons. The van der Waals surface area contributed by atoms with E-state index < -0.39 is 4.92 Å². The van der Waals surface area contributed by atoms with Gasteiger partial charge in [0.15, 0.2) is 5.69 Å². The van der Waals surface area contributed by atoms with Gasteiger partial charge < -0.3 is 5.73 Å². The zero-order valence-corrected chi connectivity index (χ0v) is 13.7. The Morgan fingerprint density at radius 2 is 2.18 bits per heavy atom. The second-order valence-electron chi connectivity index (χ2n) is 4.64. The fraction of sp³-hybridized carbons (Fsp3) is 0.308. The van der Waals surface area contributed by atoms with E-state index in [9.17, 15) is 10.1 Å². The predicted octanol–water partition coefficient (Wildman–Crippen LogP) is 4.27.